The number of aromatic nitrogens is 3. The van der Waals surface area contributed by atoms with Gasteiger partial charge in [0.15, 0.2) is 17.2 Å². The molecular weight excluding hydrogens is 344 g/mol. The van der Waals surface area contributed by atoms with Crippen molar-refractivity contribution in [2.75, 3.05) is 5.73 Å². The molecule has 0 spiro atoms. The molecule has 27 heavy (non-hydrogen) atoms. The summed E-state index contributed by atoms with van der Waals surface area (Å²) >= 11 is 0. The van der Waals surface area contributed by atoms with Gasteiger partial charge in [0.05, 0.1) is 16.9 Å². The number of carbonyl (C=O) groups is 1. The van der Waals surface area contributed by atoms with Crippen molar-refractivity contribution in [3.8, 4) is 11.3 Å². The Hall–Kier alpha value is -4.07. The summed E-state index contributed by atoms with van der Waals surface area (Å²) in [6, 6.07) is 17.7. The summed E-state index contributed by atoms with van der Waals surface area (Å²) in [5.41, 5.74) is 9.35. The largest absolute Gasteiger partial charge is 0.478 e. The Balaban J connectivity index is 1.74. The maximum atomic E-state index is 10.9. The van der Waals surface area contributed by atoms with Gasteiger partial charge in [0.25, 0.3) is 0 Å². The summed E-state index contributed by atoms with van der Waals surface area (Å²) in [6.07, 6.45) is 1.67. The molecule has 0 unspecified atom stereocenters. The highest BCUT2D eigenvalue weighted by molar-refractivity contribution is 5.87. The van der Waals surface area contributed by atoms with Gasteiger partial charge >= 0.3 is 5.97 Å². The van der Waals surface area contributed by atoms with E-state index in [1.807, 2.05) is 36.4 Å². The number of benzene rings is 2. The number of nitrogen functional groups attached to an aromatic ring is 1. The highest BCUT2D eigenvalue weighted by atomic mass is 16.4. The molecule has 3 N–H and O–H groups in total. The average Bonchev–Trinajstić information content (AvgIpc) is 3.02. The lowest BCUT2D eigenvalue weighted by atomic mass is 10.1. The average molecular weight is 358 g/mol. The number of carboxylic acids is 1. The Labute approximate surface area is 153 Å². The molecule has 4 rings (SSSR count). The van der Waals surface area contributed by atoms with E-state index >= 15 is 0 Å². The summed E-state index contributed by atoms with van der Waals surface area (Å²) in [5, 5.41) is 21.6. The number of nitrogens with two attached hydrogens (primary N) is 1. The summed E-state index contributed by atoms with van der Waals surface area (Å²) in [5.74, 6) is -0.792. The quantitative estimate of drug-likeness (QED) is 0.533. The number of hydrogen-bond acceptors (Lipinski definition) is 6. The minimum absolute atomic E-state index is 0.179. The molecule has 0 amide bonds. The third-order valence-corrected chi connectivity index (χ3v) is 3.97. The molecule has 0 saturated heterocycles. The van der Waals surface area contributed by atoms with Crippen LogP contribution in [0, 0.1) is 0 Å². The van der Waals surface area contributed by atoms with Crippen LogP contribution in [0.3, 0.4) is 0 Å². The van der Waals surface area contributed by atoms with Crippen molar-refractivity contribution < 1.29 is 9.90 Å². The van der Waals surface area contributed by atoms with E-state index < -0.39 is 5.97 Å². The number of aromatic carboxylic acids is 1. The summed E-state index contributed by atoms with van der Waals surface area (Å²) in [4.78, 5) is 15.2. The number of nitrogens with zero attached hydrogens (tertiary/aromatic N) is 5. The van der Waals surface area contributed by atoms with Crippen molar-refractivity contribution in [3.63, 3.8) is 0 Å². The highest BCUT2D eigenvalue weighted by Crippen LogP contribution is 2.31. The highest BCUT2D eigenvalue weighted by Gasteiger charge is 2.14. The molecule has 0 aliphatic rings. The van der Waals surface area contributed by atoms with E-state index in [0.29, 0.717) is 17.0 Å². The van der Waals surface area contributed by atoms with Crippen LogP contribution in [-0.4, -0.2) is 25.7 Å². The number of hydrogen-bond donors (Lipinski definition) is 2. The molecule has 132 valence electrons. The van der Waals surface area contributed by atoms with Gasteiger partial charge in [-0.1, -0.05) is 30.3 Å². The lowest BCUT2D eigenvalue weighted by Crippen LogP contribution is -1.95. The minimum atomic E-state index is -0.997. The van der Waals surface area contributed by atoms with E-state index in [2.05, 4.69) is 20.3 Å². The molecule has 0 atom stereocenters. The lowest BCUT2D eigenvalue weighted by Gasteiger charge is -2.03. The Morgan fingerprint density at radius 2 is 1.74 bits per heavy atom. The van der Waals surface area contributed by atoms with Crippen molar-refractivity contribution in [2.24, 2.45) is 10.2 Å². The van der Waals surface area contributed by atoms with Crippen molar-refractivity contribution >= 4 is 28.8 Å². The SMILES string of the molecule is Nc1nn2c(-c3ccccc3)ccnc2c1N=Nc1ccc(C(=O)O)cc1. The number of rotatable bonds is 4. The first-order chi connectivity index (χ1) is 13.1. The molecule has 2 aromatic carbocycles. The van der Waals surface area contributed by atoms with Crippen molar-refractivity contribution in [3.05, 3.63) is 72.4 Å². The number of azo groups is 1. The molecular formula is C19H14N6O2. The molecule has 0 aliphatic heterocycles. The molecule has 0 fully saturated rings. The lowest BCUT2D eigenvalue weighted by molar-refractivity contribution is 0.0697. The molecule has 8 nitrogen and oxygen atoms in total. The van der Waals surface area contributed by atoms with Gasteiger partial charge in [0.1, 0.15) is 0 Å². The van der Waals surface area contributed by atoms with Gasteiger partial charge in [-0.25, -0.2) is 14.3 Å². The fourth-order valence-corrected chi connectivity index (χ4v) is 2.65. The van der Waals surface area contributed by atoms with Crippen LogP contribution in [0.1, 0.15) is 10.4 Å². The van der Waals surface area contributed by atoms with E-state index in [4.69, 9.17) is 10.8 Å². The third-order valence-electron chi connectivity index (χ3n) is 3.97. The molecule has 4 aromatic rings. The van der Waals surface area contributed by atoms with E-state index in [-0.39, 0.29) is 11.4 Å². The Morgan fingerprint density at radius 1 is 1.00 bits per heavy atom. The Bertz CT molecular complexity index is 1150. The number of anilines is 1. The van der Waals surface area contributed by atoms with Crippen LogP contribution in [0.15, 0.2) is 77.1 Å². The summed E-state index contributed by atoms with van der Waals surface area (Å²) in [7, 11) is 0. The van der Waals surface area contributed by atoms with Gasteiger partial charge in [-0.2, -0.15) is 5.11 Å². The third kappa shape index (κ3) is 3.11. The summed E-state index contributed by atoms with van der Waals surface area (Å²) in [6.45, 7) is 0. The second-order valence-electron chi connectivity index (χ2n) is 5.72. The molecule has 8 heteroatoms. The van der Waals surface area contributed by atoms with E-state index in [0.717, 1.165) is 11.3 Å². The molecule has 0 aliphatic carbocycles. The monoisotopic (exact) mass is 358 g/mol. The zero-order chi connectivity index (χ0) is 18.8. The van der Waals surface area contributed by atoms with Gasteiger partial charge in [-0.3, -0.25) is 0 Å². The van der Waals surface area contributed by atoms with E-state index in [1.165, 1.54) is 12.1 Å². The maximum absolute atomic E-state index is 10.9. The van der Waals surface area contributed by atoms with Crippen LogP contribution in [0.4, 0.5) is 17.2 Å². The fraction of sp³-hybridized carbons (Fsp3) is 0. The normalized spacial score (nSPS) is 11.3. The van der Waals surface area contributed by atoms with Crippen LogP contribution < -0.4 is 5.73 Å². The zero-order valence-corrected chi connectivity index (χ0v) is 14.0. The second-order valence-corrected chi connectivity index (χ2v) is 5.72. The predicted octanol–water partition coefficient (Wildman–Crippen LogP) is 4.09. The first-order valence-electron chi connectivity index (χ1n) is 8.07. The van der Waals surface area contributed by atoms with Crippen LogP contribution in [0.5, 0.6) is 0 Å². The topological polar surface area (TPSA) is 118 Å². The van der Waals surface area contributed by atoms with Gasteiger partial charge in [0, 0.05) is 11.8 Å². The first-order valence-corrected chi connectivity index (χ1v) is 8.07. The minimum Gasteiger partial charge on any atom is -0.478 e. The summed E-state index contributed by atoms with van der Waals surface area (Å²) < 4.78 is 1.63. The van der Waals surface area contributed by atoms with Crippen molar-refractivity contribution in [1.82, 2.24) is 14.6 Å². The van der Waals surface area contributed by atoms with E-state index in [1.54, 1.807) is 22.8 Å². The standard InChI is InChI=1S/C19H14N6O2/c20-17-16(23-22-14-8-6-13(7-9-14)19(26)27)18-21-11-10-15(25(18)24-17)12-4-2-1-3-5-12/h1-11H,(H2,20,24)(H,26,27). The number of carboxylic acid groups (broad SMARTS) is 1. The van der Waals surface area contributed by atoms with Crippen LogP contribution in [0.25, 0.3) is 16.9 Å². The zero-order valence-electron chi connectivity index (χ0n) is 14.0. The van der Waals surface area contributed by atoms with Gasteiger partial charge < -0.3 is 10.8 Å². The van der Waals surface area contributed by atoms with Crippen LogP contribution >= 0.6 is 0 Å². The maximum Gasteiger partial charge on any atom is 0.335 e. The van der Waals surface area contributed by atoms with Crippen LogP contribution in [0.2, 0.25) is 0 Å². The van der Waals surface area contributed by atoms with Gasteiger partial charge in [-0.05, 0) is 30.3 Å². The second kappa shape index (κ2) is 6.68. The van der Waals surface area contributed by atoms with Crippen molar-refractivity contribution in [2.45, 2.75) is 0 Å². The molecule has 2 aromatic heterocycles. The molecule has 2 heterocycles. The predicted molar refractivity (Wildman–Crippen MR) is 100 cm³/mol. The first kappa shape index (κ1) is 16.4. The van der Waals surface area contributed by atoms with E-state index in [9.17, 15) is 4.79 Å². The van der Waals surface area contributed by atoms with Gasteiger partial charge in [-0.15, -0.1) is 10.2 Å². The smallest absolute Gasteiger partial charge is 0.335 e. The van der Waals surface area contributed by atoms with Crippen molar-refractivity contribution in [1.29, 1.82) is 0 Å². The Morgan fingerprint density at radius 3 is 2.44 bits per heavy atom. The Kier molecular flexibility index (Phi) is 4.06. The fourth-order valence-electron chi connectivity index (χ4n) is 2.65. The number of fused-ring (bicyclic) bond motifs is 1. The molecule has 0 radical (unpaired) electrons. The van der Waals surface area contributed by atoms with Crippen LogP contribution in [-0.2, 0) is 0 Å². The molecule has 0 saturated carbocycles. The van der Waals surface area contributed by atoms with Gasteiger partial charge in [0.2, 0.25) is 0 Å². The molecule has 0 bridgehead atoms.